The Balaban J connectivity index is -0.000000740. The Labute approximate surface area is 289 Å². The van der Waals surface area contributed by atoms with E-state index >= 15 is 0 Å². The molecule has 0 aliphatic heterocycles. The van der Waals surface area contributed by atoms with Crippen LogP contribution in [0.3, 0.4) is 0 Å². The van der Waals surface area contributed by atoms with Crippen LogP contribution in [-0.4, -0.2) is 101 Å². The standard InChI is InChI=1S/C17H36NO.C16H34N2O4S.Na/c1-5-6-7-8-9-10-11-14-17(19)15-12-13-16-18(2,3)4;1-15(23(20,21)22)11-8-6-5-7-9-12-16(19)17-13-10-14-18(2,3)4;/h5-16H2,1-4H3;15H,5-14H2,1-4H3,(H-,17,19,20,21,22);/q+1;;+1. The van der Waals surface area contributed by atoms with Crippen molar-refractivity contribution in [3.05, 3.63) is 0 Å². The van der Waals surface area contributed by atoms with E-state index in [1.54, 1.807) is 0 Å². The van der Waals surface area contributed by atoms with E-state index in [0.29, 0.717) is 18.6 Å². The molecular weight excluding hydrogens is 573 g/mol. The smallest absolute Gasteiger partial charge is 0.748 e. The summed E-state index contributed by atoms with van der Waals surface area (Å²) in [6.07, 6.45) is 19.4. The van der Waals surface area contributed by atoms with Gasteiger partial charge in [0.1, 0.15) is 5.78 Å². The third kappa shape index (κ3) is 39.9. The summed E-state index contributed by atoms with van der Waals surface area (Å²) in [7, 11) is 8.89. The molecule has 0 aromatic carbocycles. The van der Waals surface area contributed by atoms with Crippen LogP contribution < -0.4 is 34.9 Å². The third-order valence-electron chi connectivity index (χ3n) is 7.43. The van der Waals surface area contributed by atoms with Gasteiger partial charge in [0.05, 0.1) is 65.5 Å². The molecule has 0 aliphatic rings. The van der Waals surface area contributed by atoms with E-state index in [1.165, 1.54) is 58.4 Å². The largest absolute Gasteiger partial charge is 1.00 e. The molecule has 43 heavy (non-hydrogen) atoms. The molecule has 8 nitrogen and oxygen atoms in total. The molecule has 10 heteroatoms. The number of nitrogens with one attached hydrogen (secondary N) is 1. The van der Waals surface area contributed by atoms with Gasteiger partial charge >= 0.3 is 29.6 Å². The van der Waals surface area contributed by atoms with Crippen molar-refractivity contribution >= 4 is 21.8 Å². The molecule has 0 radical (unpaired) electrons. The summed E-state index contributed by atoms with van der Waals surface area (Å²) in [6, 6.07) is 0. The van der Waals surface area contributed by atoms with Crippen molar-refractivity contribution in [3.63, 3.8) is 0 Å². The van der Waals surface area contributed by atoms with Crippen molar-refractivity contribution in [1.82, 2.24) is 5.32 Å². The molecule has 1 amide bonds. The number of hydrogen-bond acceptors (Lipinski definition) is 5. The van der Waals surface area contributed by atoms with Crippen LogP contribution in [0.4, 0.5) is 0 Å². The first-order valence-electron chi connectivity index (χ1n) is 16.8. The Morgan fingerprint density at radius 1 is 0.651 bits per heavy atom. The molecule has 1 unspecified atom stereocenters. The Morgan fingerprint density at radius 3 is 1.56 bits per heavy atom. The summed E-state index contributed by atoms with van der Waals surface area (Å²) in [6.45, 7) is 6.65. The van der Waals surface area contributed by atoms with Crippen LogP contribution in [0.2, 0.25) is 0 Å². The first kappa shape index (κ1) is 47.4. The first-order valence-corrected chi connectivity index (χ1v) is 18.3. The molecule has 0 fully saturated rings. The Bertz CT molecular complexity index is 780. The summed E-state index contributed by atoms with van der Waals surface area (Å²) < 4.78 is 34.1. The van der Waals surface area contributed by atoms with Crippen LogP contribution in [0.5, 0.6) is 0 Å². The summed E-state index contributed by atoms with van der Waals surface area (Å²) in [5, 5.41) is 2.15. The molecule has 0 saturated carbocycles. The quantitative estimate of drug-likeness (QED) is 0.0674. The van der Waals surface area contributed by atoms with Gasteiger partial charge in [0, 0.05) is 37.5 Å². The van der Waals surface area contributed by atoms with Gasteiger partial charge in [-0.25, -0.2) is 8.42 Å². The number of carbonyl (C=O) groups is 2. The van der Waals surface area contributed by atoms with Gasteiger partial charge in [-0.3, -0.25) is 9.59 Å². The fourth-order valence-corrected chi connectivity index (χ4v) is 5.03. The van der Waals surface area contributed by atoms with Crippen LogP contribution >= 0.6 is 0 Å². The number of unbranched alkanes of at least 4 members (excludes halogenated alkanes) is 11. The number of hydrogen-bond donors (Lipinski definition) is 1. The molecule has 0 aliphatic carbocycles. The summed E-state index contributed by atoms with van der Waals surface area (Å²) in [5.41, 5.74) is 0. The van der Waals surface area contributed by atoms with Crippen LogP contribution in [0.1, 0.15) is 136 Å². The minimum Gasteiger partial charge on any atom is -0.748 e. The zero-order chi connectivity index (χ0) is 32.5. The number of amides is 1. The van der Waals surface area contributed by atoms with Crippen molar-refractivity contribution in [2.45, 2.75) is 141 Å². The van der Waals surface area contributed by atoms with E-state index in [-0.39, 0.29) is 35.5 Å². The number of nitrogens with zero attached hydrogens (tertiary/aromatic N) is 2. The van der Waals surface area contributed by atoms with Gasteiger partial charge in [0.2, 0.25) is 5.91 Å². The summed E-state index contributed by atoms with van der Waals surface area (Å²) in [5.74, 6) is 0.590. The van der Waals surface area contributed by atoms with Crippen molar-refractivity contribution in [3.8, 4) is 0 Å². The van der Waals surface area contributed by atoms with Crippen molar-refractivity contribution in [2.75, 3.05) is 61.9 Å². The van der Waals surface area contributed by atoms with Crippen molar-refractivity contribution in [1.29, 1.82) is 0 Å². The number of quaternary nitrogens is 2. The fraction of sp³-hybridized carbons (Fsp3) is 0.939. The number of Topliss-reactive ketones (excluding diaryl/α,β-unsaturated/α-hetero) is 1. The molecule has 252 valence electrons. The van der Waals surface area contributed by atoms with E-state index < -0.39 is 15.4 Å². The molecule has 0 saturated heterocycles. The molecule has 1 N–H and O–H groups in total. The third-order valence-corrected chi connectivity index (χ3v) is 8.65. The second-order valence-electron chi connectivity index (χ2n) is 14.2. The van der Waals surface area contributed by atoms with Gasteiger partial charge in [0.15, 0.2) is 0 Å². The Morgan fingerprint density at radius 2 is 1.07 bits per heavy atom. The average Bonchev–Trinajstić information content (AvgIpc) is 2.86. The minimum absolute atomic E-state index is 0. The maximum atomic E-state index is 11.7. The molecule has 0 heterocycles. The normalized spacial score (nSPS) is 12.6. The first-order chi connectivity index (χ1) is 19.5. The Hall–Kier alpha value is -0.0300. The van der Waals surface area contributed by atoms with Crippen molar-refractivity contribution < 1.29 is 61.1 Å². The topological polar surface area (TPSA) is 103 Å². The average molecular weight is 644 g/mol. The maximum absolute atomic E-state index is 11.7. The maximum Gasteiger partial charge on any atom is 1.00 e. The van der Waals surface area contributed by atoms with Crippen LogP contribution in [-0.2, 0) is 19.7 Å². The molecule has 0 rings (SSSR count). The Kier molecular flexibility index (Phi) is 31.1. The van der Waals surface area contributed by atoms with E-state index in [0.717, 1.165) is 86.3 Å². The van der Waals surface area contributed by atoms with Gasteiger partial charge < -0.3 is 18.8 Å². The zero-order valence-electron chi connectivity index (χ0n) is 30.0. The predicted octanol–water partition coefficient (Wildman–Crippen LogP) is 3.44. The molecule has 1 atom stereocenters. The zero-order valence-corrected chi connectivity index (χ0v) is 32.8. The molecule has 0 spiro atoms. The van der Waals surface area contributed by atoms with Gasteiger partial charge in [-0.1, -0.05) is 71.1 Å². The van der Waals surface area contributed by atoms with Crippen molar-refractivity contribution in [2.24, 2.45) is 0 Å². The second-order valence-corrected chi connectivity index (χ2v) is 16.0. The monoisotopic (exact) mass is 643 g/mol. The predicted molar refractivity (Wildman–Crippen MR) is 176 cm³/mol. The number of carbonyl (C=O) groups excluding carboxylic acids is 2. The molecule has 0 aromatic heterocycles. The minimum atomic E-state index is -4.14. The molecule has 0 aromatic rings. The van der Waals surface area contributed by atoms with E-state index in [4.69, 9.17) is 0 Å². The molecular formula is C33H70N3NaO5S+2. The van der Waals surface area contributed by atoms with Gasteiger partial charge in [-0.05, 0) is 39.0 Å². The van der Waals surface area contributed by atoms with Crippen LogP contribution in [0.15, 0.2) is 0 Å². The summed E-state index contributed by atoms with van der Waals surface area (Å²) in [4.78, 5) is 23.3. The second kappa shape index (κ2) is 28.2. The van der Waals surface area contributed by atoms with E-state index in [1.807, 2.05) is 0 Å². The summed E-state index contributed by atoms with van der Waals surface area (Å²) >= 11 is 0. The SMILES string of the molecule is CC(CCCCCCCC(=O)NCCC[N+](C)(C)C)S(=O)(=O)[O-].CCCCCCCCCC(=O)CCCC[N+](C)(C)C.[Na+]. The van der Waals surface area contributed by atoms with Gasteiger partial charge in [-0.2, -0.15) is 0 Å². The number of ketones is 1. The van der Waals surface area contributed by atoms with Crippen LogP contribution in [0.25, 0.3) is 0 Å². The fourth-order valence-electron chi connectivity index (χ4n) is 4.57. The van der Waals surface area contributed by atoms with Gasteiger partial charge in [-0.15, -0.1) is 0 Å². The number of rotatable bonds is 26. The van der Waals surface area contributed by atoms with E-state index in [9.17, 15) is 22.6 Å². The molecule has 0 bridgehead atoms. The van der Waals surface area contributed by atoms with Gasteiger partial charge in [0.25, 0.3) is 0 Å². The van der Waals surface area contributed by atoms with E-state index in [2.05, 4.69) is 54.5 Å². The van der Waals surface area contributed by atoms with Crippen LogP contribution in [0, 0.1) is 0 Å².